The van der Waals surface area contributed by atoms with Gasteiger partial charge in [-0.25, -0.2) is 4.98 Å². The number of halogens is 1. The largest absolute Gasteiger partial charge is 0.371 e. The smallest absolute Gasteiger partial charge is 0.265 e. The van der Waals surface area contributed by atoms with Crippen LogP contribution in [0.4, 0.5) is 0 Å². The Morgan fingerprint density at radius 3 is 2.75 bits per heavy atom. The number of H-pyrrole nitrogens is 1. The fourth-order valence-corrected chi connectivity index (χ4v) is 1.83. The van der Waals surface area contributed by atoms with Gasteiger partial charge < -0.3 is 9.72 Å². The molecular formula is C11H17BrN2O2. The molecule has 0 saturated carbocycles. The fourth-order valence-electron chi connectivity index (χ4n) is 1.45. The summed E-state index contributed by atoms with van der Waals surface area (Å²) < 4.78 is 5.94. The quantitative estimate of drug-likeness (QED) is 0.906. The van der Waals surface area contributed by atoms with Crippen molar-refractivity contribution < 1.29 is 4.74 Å². The van der Waals surface area contributed by atoms with Crippen LogP contribution < -0.4 is 5.56 Å². The molecule has 0 aliphatic heterocycles. The first kappa shape index (κ1) is 13.4. The molecule has 0 aliphatic carbocycles. The van der Waals surface area contributed by atoms with Gasteiger partial charge in [0.25, 0.3) is 5.56 Å². The number of hydrogen-bond acceptors (Lipinski definition) is 3. The van der Waals surface area contributed by atoms with Gasteiger partial charge in [-0.3, -0.25) is 4.79 Å². The lowest BCUT2D eigenvalue weighted by atomic mass is 10.2. The first-order valence-electron chi connectivity index (χ1n) is 5.50. The molecule has 1 unspecified atom stereocenters. The molecule has 0 saturated heterocycles. The molecule has 1 heterocycles. The maximum Gasteiger partial charge on any atom is 0.265 e. The number of aromatic amines is 1. The number of aromatic nitrogens is 2. The Morgan fingerprint density at radius 1 is 1.50 bits per heavy atom. The predicted molar refractivity (Wildman–Crippen MR) is 66.6 cm³/mol. The third-order valence-electron chi connectivity index (χ3n) is 2.24. The average molecular weight is 289 g/mol. The zero-order chi connectivity index (χ0) is 12.1. The first-order valence-corrected chi connectivity index (χ1v) is 6.29. The molecule has 0 amide bonds. The number of ether oxygens (including phenoxy) is 1. The lowest BCUT2D eigenvalue weighted by Gasteiger charge is -2.12. The predicted octanol–water partition coefficient (Wildman–Crippen LogP) is 2.58. The highest BCUT2D eigenvalue weighted by Crippen LogP contribution is 2.16. The molecule has 1 rings (SSSR count). The minimum absolute atomic E-state index is 0.139. The molecule has 1 aromatic heterocycles. The molecule has 0 fully saturated rings. The van der Waals surface area contributed by atoms with Crippen LogP contribution in [0, 0.1) is 0 Å². The zero-order valence-electron chi connectivity index (χ0n) is 9.84. The van der Waals surface area contributed by atoms with Crippen LogP contribution in [0.1, 0.15) is 44.8 Å². The van der Waals surface area contributed by atoms with Crippen LogP contribution >= 0.6 is 15.9 Å². The van der Waals surface area contributed by atoms with Gasteiger partial charge in [-0.15, -0.1) is 0 Å². The number of nitrogens with zero attached hydrogens (tertiary/aromatic N) is 1. The molecule has 0 aliphatic rings. The third-order valence-corrected chi connectivity index (χ3v) is 3.06. The summed E-state index contributed by atoms with van der Waals surface area (Å²) in [6.45, 7) is 6.46. The van der Waals surface area contributed by atoms with Crippen molar-refractivity contribution in [2.75, 3.05) is 6.61 Å². The Balaban J connectivity index is 3.08. The summed E-state index contributed by atoms with van der Waals surface area (Å²) in [5, 5.41) is 0. The van der Waals surface area contributed by atoms with Crippen LogP contribution in [-0.4, -0.2) is 16.6 Å². The van der Waals surface area contributed by atoms with Crippen LogP contribution in [0.5, 0.6) is 0 Å². The molecule has 16 heavy (non-hydrogen) atoms. The van der Waals surface area contributed by atoms with Gasteiger partial charge in [0.1, 0.15) is 16.4 Å². The second kappa shape index (κ2) is 6.15. The molecule has 4 nitrogen and oxygen atoms in total. The molecule has 1 aromatic rings. The van der Waals surface area contributed by atoms with E-state index >= 15 is 0 Å². The molecule has 0 aromatic carbocycles. The topological polar surface area (TPSA) is 55.0 Å². The minimum Gasteiger partial charge on any atom is -0.371 e. The normalized spacial score (nSPS) is 12.8. The highest BCUT2D eigenvalue weighted by molar-refractivity contribution is 9.10. The van der Waals surface area contributed by atoms with Crippen LogP contribution in [-0.2, 0) is 11.2 Å². The maximum atomic E-state index is 11.6. The monoisotopic (exact) mass is 288 g/mol. The summed E-state index contributed by atoms with van der Waals surface area (Å²) in [6.07, 6.45) is 1.56. The Kier molecular flexibility index (Phi) is 5.15. The summed E-state index contributed by atoms with van der Waals surface area (Å²) >= 11 is 3.26. The Morgan fingerprint density at radius 2 is 2.19 bits per heavy atom. The molecule has 90 valence electrons. The van der Waals surface area contributed by atoms with Crippen molar-refractivity contribution in [2.45, 2.75) is 39.7 Å². The van der Waals surface area contributed by atoms with Gasteiger partial charge in [-0.1, -0.05) is 13.3 Å². The summed E-state index contributed by atoms with van der Waals surface area (Å²) in [7, 11) is 0. The molecule has 0 bridgehead atoms. The van der Waals surface area contributed by atoms with Crippen LogP contribution in [0.25, 0.3) is 0 Å². The van der Waals surface area contributed by atoms with Crippen molar-refractivity contribution in [3.05, 3.63) is 26.3 Å². The highest BCUT2D eigenvalue weighted by atomic mass is 79.9. The Labute approximate surface area is 104 Å². The van der Waals surface area contributed by atoms with Crippen molar-refractivity contribution in [3.8, 4) is 0 Å². The average Bonchev–Trinajstić information content (AvgIpc) is 2.25. The van der Waals surface area contributed by atoms with Crippen molar-refractivity contribution in [3.63, 3.8) is 0 Å². The number of hydrogen-bond donors (Lipinski definition) is 1. The van der Waals surface area contributed by atoms with Crippen molar-refractivity contribution in [2.24, 2.45) is 0 Å². The van der Waals surface area contributed by atoms with Gasteiger partial charge in [-0.05, 0) is 36.2 Å². The van der Waals surface area contributed by atoms with Gasteiger partial charge in [0.05, 0.1) is 5.69 Å². The van der Waals surface area contributed by atoms with Crippen molar-refractivity contribution in [1.82, 2.24) is 9.97 Å². The van der Waals surface area contributed by atoms with E-state index in [1.54, 1.807) is 0 Å². The molecule has 1 atom stereocenters. The minimum atomic E-state index is -0.179. The maximum absolute atomic E-state index is 11.6. The Bertz CT molecular complexity index is 403. The van der Waals surface area contributed by atoms with E-state index in [4.69, 9.17) is 4.74 Å². The second-order valence-electron chi connectivity index (χ2n) is 3.56. The van der Waals surface area contributed by atoms with E-state index in [9.17, 15) is 4.79 Å². The van der Waals surface area contributed by atoms with E-state index in [0.717, 1.165) is 18.5 Å². The van der Waals surface area contributed by atoms with E-state index in [1.807, 2.05) is 13.8 Å². The Hall–Kier alpha value is -0.680. The SMILES string of the molecule is CCCc1nc(C(C)OCC)[nH]c(=O)c1Br. The molecule has 0 radical (unpaired) electrons. The molecule has 1 N–H and O–H groups in total. The van der Waals surface area contributed by atoms with E-state index in [1.165, 1.54) is 0 Å². The highest BCUT2D eigenvalue weighted by Gasteiger charge is 2.13. The van der Waals surface area contributed by atoms with Crippen molar-refractivity contribution >= 4 is 15.9 Å². The standard InChI is InChI=1S/C11H17BrN2O2/c1-4-6-8-9(12)11(15)14-10(13-8)7(3)16-5-2/h7H,4-6H2,1-3H3,(H,13,14,15). The van der Waals surface area contributed by atoms with Gasteiger partial charge in [0, 0.05) is 6.61 Å². The summed E-state index contributed by atoms with van der Waals surface area (Å²) in [4.78, 5) is 18.8. The molecular weight excluding hydrogens is 272 g/mol. The van der Waals surface area contributed by atoms with E-state index < -0.39 is 0 Å². The summed E-state index contributed by atoms with van der Waals surface area (Å²) in [5.74, 6) is 0.596. The molecule has 5 heteroatoms. The zero-order valence-corrected chi connectivity index (χ0v) is 11.4. The van der Waals surface area contributed by atoms with E-state index in [0.29, 0.717) is 16.9 Å². The second-order valence-corrected chi connectivity index (χ2v) is 4.35. The first-order chi connectivity index (χ1) is 7.60. The van der Waals surface area contributed by atoms with Crippen LogP contribution in [0.2, 0.25) is 0 Å². The fraction of sp³-hybridized carbons (Fsp3) is 0.636. The number of nitrogens with one attached hydrogen (secondary N) is 1. The lowest BCUT2D eigenvalue weighted by molar-refractivity contribution is 0.0696. The lowest BCUT2D eigenvalue weighted by Crippen LogP contribution is -2.18. The van der Waals surface area contributed by atoms with Crippen LogP contribution in [0.3, 0.4) is 0 Å². The van der Waals surface area contributed by atoms with E-state index in [2.05, 4.69) is 32.8 Å². The third kappa shape index (κ3) is 3.15. The number of rotatable bonds is 5. The summed E-state index contributed by atoms with van der Waals surface area (Å²) in [6, 6.07) is 0. The summed E-state index contributed by atoms with van der Waals surface area (Å²) in [5.41, 5.74) is 0.660. The number of aryl methyl sites for hydroxylation is 1. The van der Waals surface area contributed by atoms with E-state index in [-0.39, 0.29) is 11.7 Å². The van der Waals surface area contributed by atoms with Gasteiger partial charge >= 0.3 is 0 Å². The van der Waals surface area contributed by atoms with Gasteiger partial charge in [-0.2, -0.15) is 0 Å². The van der Waals surface area contributed by atoms with Gasteiger partial charge in [0.15, 0.2) is 0 Å². The van der Waals surface area contributed by atoms with Crippen molar-refractivity contribution in [1.29, 1.82) is 0 Å². The van der Waals surface area contributed by atoms with Gasteiger partial charge in [0.2, 0.25) is 0 Å². The van der Waals surface area contributed by atoms with Crippen LogP contribution in [0.15, 0.2) is 9.27 Å². The molecule has 0 spiro atoms.